The Morgan fingerprint density at radius 2 is 1.92 bits per heavy atom. The fourth-order valence-corrected chi connectivity index (χ4v) is 3.07. The number of carboxylic acids is 1. The van der Waals surface area contributed by atoms with Crippen LogP contribution in [0.4, 0.5) is 5.69 Å². The van der Waals surface area contributed by atoms with Gasteiger partial charge in [-0.25, -0.2) is 0 Å². The highest BCUT2D eigenvalue weighted by Gasteiger charge is 2.30. The summed E-state index contributed by atoms with van der Waals surface area (Å²) in [6.45, 7) is 6.97. The maximum absolute atomic E-state index is 12.4. The number of amides is 1. The molecule has 0 radical (unpaired) electrons. The summed E-state index contributed by atoms with van der Waals surface area (Å²) < 4.78 is 0. The fraction of sp³-hybridized carbons (Fsp3) is 0.556. The Balaban J connectivity index is 2.05. The van der Waals surface area contributed by atoms with Crippen LogP contribution >= 0.6 is 0 Å². The van der Waals surface area contributed by atoms with Crippen LogP contribution in [0.15, 0.2) is 18.2 Å². The van der Waals surface area contributed by atoms with E-state index in [-0.39, 0.29) is 12.3 Å². The molecule has 1 fully saturated rings. The number of aryl methyl sites for hydroxylation is 2. The van der Waals surface area contributed by atoms with Crippen molar-refractivity contribution < 1.29 is 14.7 Å². The first kappa shape index (κ1) is 18.4. The third-order valence-electron chi connectivity index (χ3n) is 4.65. The molecule has 6 nitrogen and oxygen atoms in total. The largest absolute Gasteiger partial charge is 0.480 e. The molecule has 2 rings (SSSR count). The number of anilines is 1. The number of likely N-dealkylation sites (N-methyl/N-ethyl adjacent to an activating group) is 1. The smallest absolute Gasteiger partial charge is 0.321 e. The van der Waals surface area contributed by atoms with E-state index in [4.69, 9.17) is 0 Å². The number of rotatable bonds is 6. The maximum Gasteiger partial charge on any atom is 0.321 e. The van der Waals surface area contributed by atoms with Gasteiger partial charge in [-0.05, 0) is 31.5 Å². The van der Waals surface area contributed by atoms with Crippen molar-refractivity contribution in [3.63, 3.8) is 0 Å². The van der Waals surface area contributed by atoms with Gasteiger partial charge in [0.15, 0.2) is 0 Å². The minimum Gasteiger partial charge on any atom is -0.480 e. The number of aliphatic carboxylic acids is 1. The molecule has 1 amide bonds. The van der Waals surface area contributed by atoms with Crippen molar-refractivity contribution in [1.82, 2.24) is 9.80 Å². The summed E-state index contributed by atoms with van der Waals surface area (Å²) in [5, 5.41) is 12.5. The first-order valence-corrected chi connectivity index (χ1v) is 8.46. The summed E-state index contributed by atoms with van der Waals surface area (Å²) in [5.41, 5.74) is 2.87. The number of nitrogens with zero attached hydrogens (tertiary/aromatic N) is 2. The van der Waals surface area contributed by atoms with Gasteiger partial charge >= 0.3 is 5.97 Å². The Morgan fingerprint density at radius 1 is 1.25 bits per heavy atom. The van der Waals surface area contributed by atoms with Crippen LogP contribution < -0.4 is 5.32 Å². The Kier molecular flexibility index (Phi) is 6.34. The van der Waals surface area contributed by atoms with Crippen molar-refractivity contribution >= 4 is 17.6 Å². The van der Waals surface area contributed by atoms with Crippen LogP contribution in [0.5, 0.6) is 0 Å². The van der Waals surface area contributed by atoms with Gasteiger partial charge in [-0.15, -0.1) is 0 Å². The molecule has 0 saturated carbocycles. The van der Waals surface area contributed by atoms with Crippen LogP contribution in [-0.4, -0.2) is 66.1 Å². The van der Waals surface area contributed by atoms with Crippen LogP contribution in [0.1, 0.15) is 24.5 Å². The van der Waals surface area contributed by atoms with Gasteiger partial charge < -0.3 is 15.3 Å². The van der Waals surface area contributed by atoms with Gasteiger partial charge in [-0.3, -0.25) is 14.5 Å². The van der Waals surface area contributed by atoms with E-state index in [2.05, 4.69) is 10.2 Å². The average molecular weight is 333 g/mol. The molecule has 132 valence electrons. The molecule has 1 aliphatic heterocycles. The van der Waals surface area contributed by atoms with Gasteiger partial charge in [0.1, 0.15) is 6.04 Å². The molecule has 0 aliphatic carbocycles. The number of hydrogen-bond donors (Lipinski definition) is 2. The first-order chi connectivity index (χ1) is 11.4. The van der Waals surface area contributed by atoms with Crippen molar-refractivity contribution in [2.24, 2.45) is 0 Å². The van der Waals surface area contributed by atoms with Crippen molar-refractivity contribution in [3.8, 4) is 0 Å². The third kappa shape index (κ3) is 4.55. The van der Waals surface area contributed by atoms with E-state index in [1.807, 2.05) is 44.0 Å². The minimum absolute atomic E-state index is 0.0312. The van der Waals surface area contributed by atoms with Crippen molar-refractivity contribution in [3.05, 3.63) is 29.3 Å². The lowest BCUT2D eigenvalue weighted by Crippen LogP contribution is -2.52. The van der Waals surface area contributed by atoms with E-state index in [0.717, 1.165) is 36.3 Å². The molecule has 6 heteroatoms. The Bertz CT molecular complexity index is 595. The lowest BCUT2D eigenvalue weighted by Gasteiger charge is -2.35. The second-order valence-electron chi connectivity index (χ2n) is 6.41. The zero-order valence-corrected chi connectivity index (χ0v) is 14.7. The topological polar surface area (TPSA) is 72.9 Å². The zero-order chi connectivity index (χ0) is 17.7. The standard InChI is InChI=1S/C18H27N3O3/c1-4-14-7-5-6-13(2)17(14)19-16(22)12-15(18(23)24)21-10-8-20(3)9-11-21/h5-7,15H,4,8-12H2,1-3H3,(H,19,22)(H,23,24)/t15-/m1/s1. The summed E-state index contributed by atoms with van der Waals surface area (Å²) in [7, 11) is 2.02. The molecule has 0 spiro atoms. The molecule has 0 aromatic heterocycles. The van der Waals surface area contributed by atoms with Gasteiger partial charge in [0.05, 0.1) is 6.42 Å². The van der Waals surface area contributed by atoms with E-state index in [9.17, 15) is 14.7 Å². The lowest BCUT2D eigenvalue weighted by atomic mass is 10.0. The molecule has 1 saturated heterocycles. The summed E-state index contributed by atoms with van der Waals surface area (Å²) in [4.78, 5) is 28.1. The molecule has 1 aromatic carbocycles. The highest BCUT2D eigenvalue weighted by Crippen LogP contribution is 2.22. The van der Waals surface area contributed by atoms with E-state index in [1.54, 1.807) is 0 Å². The molecule has 2 N–H and O–H groups in total. The van der Waals surface area contributed by atoms with Crippen LogP contribution in [0.3, 0.4) is 0 Å². The maximum atomic E-state index is 12.4. The summed E-state index contributed by atoms with van der Waals surface area (Å²) in [6.07, 6.45) is 0.786. The van der Waals surface area contributed by atoms with Crippen molar-refractivity contribution in [1.29, 1.82) is 0 Å². The number of piperazine rings is 1. The van der Waals surface area contributed by atoms with Gasteiger partial charge in [-0.2, -0.15) is 0 Å². The highest BCUT2D eigenvalue weighted by atomic mass is 16.4. The molecule has 1 heterocycles. The first-order valence-electron chi connectivity index (χ1n) is 8.46. The summed E-state index contributed by atoms with van der Waals surface area (Å²) >= 11 is 0. The molecule has 0 unspecified atom stereocenters. The number of carboxylic acid groups (broad SMARTS) is 1. The number of benzene rings is 1. The second kappa shape index (κ2) is 8.26. The fourth-order valence-electron chi connectivity index (χ4n) is 3.07. The minimum atomic E-state index is -0.935. The van der Waals surface area contributed by atoms with E-state index in [0.29, 0.717) is 13.1 Å². The predicted octanol–water partition coefficient (Wildman–Crippen LogP) is 1.59. The molecular weight excluding hydrogens is 306 g/mol. The third-order valence-corrected chi connectivity index (χ3v) is 4.65. The molecule has 0 bridgehead atoms. The number of para-hydroxylation sites is 1. The van der Waals surface area contributed by atoms with Crippen LogP contribution in [0.2, 0.25) is 0 Å². The quantitative estimate of drug-likeness (QED) is 0.827. The predicted molar refractivity (Wildman–Crippen MR) is 94.3 cm³/mol. The summed E-state index contributed by atoms with van der Waals surface area (Å²) in [5.74, 6) is -1.18. The Labute approximate surface area is 143 Å². The van der Waals surface area contributed by atoms with Gasteiger partial charge in [0, 0.05) is 31.9 Å². The Morgan fingerprint density at radius 3 is 2.50 bits per heavy atom. The normalized spacial score (nSPS) is 17.5. The Hall–Kier alpha value is -1.92. The summed E-state index contributed by atoms with van der Waals surface area (Å²) in [6, 6.07) is 5.13. The van der Waals surface area contributed by atoms with E-state index in [1.165, 1.54) is 0 Å². The molecule has 1 aromatic rings. The van der Waals surface area contributed by atoms with Crippen LogP contribution in [0, 0.1) is 6.92 Å². The molecule has 1 atom stereocenters. The molecule has 24 heavy (non-hydrogen) atoms. The average Bonchev–Trinajstić information content (AvgIpc) is 2.55. The highest BCUT2D eigenvalue weighted by molar-refractivity contribution is 5.95. The second-order valence-corrected chi connectivity index (χ2v) is 6.41. The number of hydrogen-bond acceptors (Lipinski definition) is 4. The van der Waals surface area contributed by atoms with Crippen LogP contribution in [-0.2, 0) is 16.0 Å². The van der Waals surface area contributed by atoms with Crippen LogP contribution in [0.25, 0.3) is 0 Å². The van der Waals surface area contributed by atoms with Gasteiger partial charge in [0.25, 0.3) is 0 Å². The SMILES string of the molecule is CCc1cccc(C)c1NC(=O)C[C@H](C(=O)O)N1CCN(C)CC1. The van der Waals surface area contributed by atoms with E-state index < -0.39 is 12.0 Å². The monoisotopic (exact) mass is 333 g/mol. The van der Waals surface area contributed by atoms with Crippen molar-refractivity contribution in [2.45, 2.75) is 32.7 Å². The zero-order valence-electron chi connectivity index (χ0n) is 14.7. The molecule has 1 aliphatic rings. The lowest BCUT2D eigenvalue weighted by molar-refractivity contribution is -0.145. The number of nitrogens with one attached hydrogen (secondary N) is 1. The molecular formula is C18H27N3O3. The number of carbonyl (C=O) groups excluding carboxylic acids is 1. The van der Waals surface area contributed by atoms with Gasteiger partial charge in [-0.1, -0.05) is 25.1 Å². The van der Waals surface area contributed by atoms with E-state index >= 15 is 0 Å². The number of carbonyl (C=O) groups is 2. The van der Waals surface area contributed by atoms with Crippen molar-refractivity contribution in [2.75, 3.05) is 38.5 Å². The van der Waals surface area contributed by atoms with Gasteiger partial charge in [0.2, 0.25) is 5.91 Å².